The fraction of sp³-hybridized carbons (Fsp3) is 0.667. The van der Waals surface area contributed by atoms with Gasteiger partial charge in [-0.05, 0) is 80.6 Å². The van der Waals surface area contributed by atoms with E-state index >= 15 is 0 Å². The van der Waals surface area contributed by atoms with E-state index in [1.165, 1.54) is 30.4 Å². The number of piperidine rings is 1. The summed E-state index contributed by atoms with van der Waals surface area (Å²) < 4.78 is 51.4. The predicted molar refractivity (Wildman–Crippen MR) is 203 cm³/mol. The normalized spacial score (nSPS) is 19.9. The topological polar surface area (TPSA) is 159 Å². The summed E-state index contributed by atoms with van der Waals surface area (Å²) in [4.78, 5) is 26.6. The molecule has 0 saturated carbocycles. The average Bonchev–Trinajstić information content (AvgIpc) is 3.53. The zero-order valence-electron chi connectivity index (χ0n) is 32.0. The maximum atomic E-state index is 12.9. The summed E-state index contributed by atoms with van der Waals surface area (Å²) in [5.74, 6) is 0.493. The van der Waals surface area contributed by atoms with Gasteiger partial charge in [-0.1, -0.05) is 51.5 Å². The first-order valence-corrected chi connectivity index (χ1v) is 20.6. The number of ether oxygens (including phenoxy) is 4. The predicted octanol–water partition coefficient (Wildman–Crippen LogP) is 5.30. The minimum Gasteiger partial charge on any atom is -0.484 e. The van der Waals surface area contributed by atoms with E-state index in [-0.39, 0.29) is 47.4 Å². The van der Waals surface area contributed by atoms with Crippen molar-refractivity contribution in [1.29, 1.82) is 0 Å². The number of rotatable bonds is 24. The van der Waals surface area contributed by atoms with Crippen molar-refractivity contribution >= 4 is 15.9 Å². The van der Waals surface area contributed by atoms with E-state index in [0.29, 0.717) is 64.6 Å². The molecule has 4 rings (SSSR count). The molecule has 296 valence electrons. The summed E-state index contributed by atoms with van der Waals surface area (Å²) in [6.45, 7) is 11.8. The van der Waals surface area contributed by atoms with Crippen LogP contribution >= 0.6 is 0 Å². The molecule has 13 nitrogen and oxygen atoms in total. The van der Waals surface area contributed by atoms with Gasteiger partial charge in [-0.25, -0.2) is 13.1 Å². The molecule has 0 aromatic heterocycles. The molecule has 2 aromatic carbocycles. The van der Waals surface area contributed by atoms with E-state index in [9.17, 15) is 23.3 Å². The van der Waals surface area contributed by atoms with Gasteiger partial charge in [0.05, 0.1) is 50.6 Å². The maximum absolute atomic E-state index is 12.9. The van der Waals surface area contributed by atoms with Crippen LogP contribution in [0.25, 0.3) is 0 Å². The molecule has 2 aliphatic rings. The molecule has 1 heterocycles. The number of fused-ring (bicyclic) bond motifs is 1. The Morgan fingerprint density at radius 1 is 0.887 bits per heavy atom. The van der Waals surface area contributed by atoms with Crippen molar-refractivity contribution < 1.29 is 37.1 Å². The summed E-state index contributed by atoms with van der Waals surface area (Å²) >= 11 is 0. The van der Waals surface area contributed by atoms with E-state index in [0.717, 1.165) is 19.5 Å². The fourth-order valence-corrected chi connectivity index (χ4v) is 8.32. The number of hydrogen-bond acceptors (Lipinski definition) is 10. The van der Waals surface area contributed by atoms with Crippen molar-refractivity contribution in [1.82, 2.24) is 14.9 Å². The van der Waals surface area contributed by atoms with Crippen LogP contribution in [0.3, 0.4) is 0 Å². The van der Waals surface area contributed by atoms with Crippen LogP contribution < -0.4 is 14.8 Å². The quantitative estimate of drug-likeness (QED) is 0.0817. The number of amides is 1. The van der Waals surface area contributed by atoms with Crippen LogP contribution in [0.1, 0.15) is 89.9 Å². The third kappa shape index (κ3) is 11.7. The zero-order chi connectivity index (χ0) is 38.3. The average molecular weight is 761 g/mol. The van der Waals surface area contributed by atoms with Gasteiger partial charge in [-0.15, -0.1) is 0 Å². The van der Waals surface area contributed by atoms with Crippen molar-refractivity contribution in [2.24, 2.45) is 5.41 Å². The molecular formula is C39H60N4O9S. The number of sulfonamides is 1. The number of likely N-dealkylation sites (tertiary alicyclic amines) is 1. The largest absolute Gasteiger partial charge is 0.484 e. The summed E-state index contributed by atoms with van der Waals surface area (Å²) in [7, 11) is -3.71. The minimum atomic E-state index is -3.71. The number of hydrogen-bond donors (Lipinski definition) is 2. The van der Waals surface area contributed by atoms with Crippen LogP contribution in [0.4, 0.5) is 0 Å². The van der Waals surface area contributed by atoms with Gasteiger partial charge < -0.3 is 24.3 Å². The second-order valence-electron chi connectivity index (χ2n) is 14.5. The highest BCUT2D eigenvalue weighted by Gasteiger charge is 2.52. The molecule has 4 atom stereocenters. The summed E-state index contributed by atoms with van der Waals surface area (Å²) in [5.41, 5.74) is 0.854. The Balaban J connectivity index is 1.04. The smallest absolute Gasteiger partial charge is 0.240 e. The Bertz CT molecular complexity index is 1550. The molecule has 1 aliphatic heterocycles. The van der Waals surface area contributed by atoms with Gasteiger partial charge in [0, 0.05) is 43.2 Å². The van der Waals surface area contributed by atoms with Crippen molar-refractivity contribution in [3.8, 4) is 5.75 Å². The molecule has 2 unspecified atom stereocenters. The summed E-state index contributed by atoms with van der Waals surface area (Å²) in [6.07, 6.45) is 6.21. The van der Waals surface area contributed by atoms with Gasteiger partial charge in [0.25, 0.3) is 0 Å². The lowest BCUT2D eigenvalue weighted by Gasteiger charge is -2.38. The van der Waals surface area contributed by atoms with Crippen molar-refractivity contribution in [3.05, 3.63) is 69.8 Å². The Kier molecular flexibility index (Phi) is 16.5. The summed E-state index contributed by atoms with van der Waals surface area (Å²) in [5, 5.41) is 14.5. The SMILES string of the molecule is CCC(C)(CCC(=O)NCCOCCOCCOCCNS(=O)(=O)c1ccc(O[C@H]2c3ccccc3C[C@@H]2N2CCCCC2)cc1)C(C)(CC)[N+](=O)[O-]. The standard InChI is InChI=1S/C39H60N4O9S/c1-5-38(3,39(4,6-2)43(45)46)19-18-36(44)40-20-24-49-26-28-51-29-27-50-25-21-41-53(47,48)33-16-14-32(15-17-33)52-37-34-13-9-8-12-31(34)30-35(37)42-22-10-7-11-23-42/h8-9,12-17,35,37,41H,5-7,10-11,18-30H2,1-4H3,(H,40,44)/t35-,37-,38?,39?/m0/s1. The molecule has 1 fully saturated rings. The van der Waals surface area contributed by atoms with Crippen LogP contribution in [0, 0.1) is 15.5 Å². The fourth-order valence-electron chi connectivity index (χ4n) is 7.31. The van der Waals surface area contributed by atoms with Gasteiger partial charge >= 0.3 is 0 Å². The molecule has 0 radical (unpaired) electrons. The van der Waals surface area contributed by atoms with E-state index in [4.69, 9.17) is 18.9 Å². The van der Waals surface area contributed by atoms with E-state index in [1.54, 1.807) is 31.2 Å². The highest BCUT2D eigenvalue weighted by atomic mass is 32.2. The number of benzene rings is 2. The minimum absolute atomic E-state index is 0.0954. The molecule has 0 spiro atoms. The number of carbonyl (C=O) groups is 1. The van der Waals surface area contributed by atoms with Crippen LogP contribution in [0.5, 0.6) is 5.75 Å². The van der Waals surface area contributed by atoms with E-state index in [1.807, 2.05) is 20.8 Å². The van der Waals surface area contributed by atoms with Gasteiger partial charge in [-0.3, -0.25) is 19.8 Å². The molecule has 2 aromatic rings. The number of nitrogens with zero attached hydrogens (tertiary/aromatic N) is 2. The van der Waals surface area contributed by atoms with Crippen LogP contribution in [0.15, 0.2) is 53.4 Å². The van der Waals surface area contributed by atoms with Gasteiger partial charge in [-0.2, -0.15) is 0 Å². The molecule has 1 aliphatic carbocycles. The number of nitro groups is 1. The first kappa shape index (κ1) is 42.6. The lowest BCUT2D eigenvalue weighted by molar-refractivity contribution is -0.588. The summed E-state index contributed by atoms with van der Waals surface area (Å²) in [6, 6.07) is 15.3. The van der Waals surface area contributed by atoms with Crippen molar-refractivity contribution in [2.45, 2.75) is 102 Å². The van der Waals surface area contributed by atoms with Gasteiger partial charge in [0.1, 0.15) is 11.9 Å². The second kappa shape index (κ2) is 20.5. The lowest BCUT2D eigenvalue weighted by Crippen LogP contribution is -2.50. The van der Waals surface area contributed by atoms with Gasteiger partial charge in [0.15, 0.2) is 0 Å². The molecular weight excluding hydrogens is 701 g/mol. The van der Waals surface area contributed by atoms with Crippen LogP contribution in [0.2, 0.25) is 0 Å². The number of nitrogens with one attached hydrogen (secondary N) is 2. The first-order chi connectivity index (χ1) is 25.4. The molecule has 14 heteroatoms. The second-order valence-corrected chi connectivity index (χ2v) is 16.2. The lowest BCUT2D eigenvalue weighted by atomic mass is 9.66. The van der Waals surface area contributed by atoms with Crippen molar-refractivity contribution in [2.75, 3.05) is 65.8 Å². The Morgan fingerprint density at radius 2 is 1.51 bits per heavy atom. The molecule has 0 bridgehead atoms. The molecule has 1 amide bonds. The van der Waals surface area contributed by atoms with Crippen LogP contribution in [-0.4, -0.2) is 102 Å². The highest BCUT2D eigenvalue weighted by Crippen LogP contribution is 2.43. The Hall–Kier alpha value is -3.14. The molecule has 53 heavy (non-hydrogen) atoms. The monoisotopic (exact) mass is 760 g/mol. The Morgan fingerprint density at radius 3 is 2.13 bits per heavy atom. The van der Waals surface area contributed by atoms with Gasteiger partial charge in [0.2, 0.25) is 21.5 Å². The maximum Gasteiger partial charge on any atom is 0.240 e. The van der Waals surface area contributed by atoms with E-state index in [2.05, 4.69) is 39.2 Å². The third-order valence-electron chi connectivity index (χ3n) is 11.3. The van der Waals surface area contributed by atoms with Crippen molar-refractivity contribution in [3.63, 3.8) is 0 Å². The van der Waals surface area contributed by atoms with E-state index < -0.39 is 21.0 Å². The number of carbonyl (C=O) groups excluding carboxylic acids is 1. The Labute approximate surface area is 315 Å². The third-order valence-corrected chi connectivity index (χ3v) is 12.8. The molecule has 2 N–H and O–H groups in total. The molecule has 1 saturated heterocycles. The highest BCUT2D eigenvalue weighted by molar-refractivity contribution is 7.89. The zero-order valence-corrected chi connectivity index (χ0v) is 32.8. The first-order valence-electron chi connectivity index (χ1n) is 19.2. The van der Waals surface area contributed by atoms with Crippen LogP contribution in [-0.2, 0) is 35.4 Å².